The van der Waals surface area contributed by atoms with E-state index in [2.05, 4.69) is 4.74 Å². The van der Waals surface area contributed by atoms with Crippen molar-refractivity contribution in [2.24, 2.45) is 0 Å². The van der Waals surface area contributed by atoms with Gasteiger partial charge in [0.1, 0.15) is 5.75 Å². The Morgan fingerprint density at radius 1 is 0.971 bits per heavy atom. The van der Waals surface area contributed by atoms with Crippen LogP contribution in [0.2, 0.25) is 0 Å². The lowest BCUT2D eigenvalue weighted by molar-refractivity contribution is -0.384. The first kappa shape index (κ1) is 26.2. The fourth-order valence-electron chi connectivity index (χ4n) is 3.15. The zero-order valence-corrected chi connectivity index (χ0v) is 18.5. The average Bonchev–Trinajstić information content (AvgIpc) is 2.76. The van der Waals surface area contributed by atoms with Gasteiger partial charge in [-0.3, -0.25) is 29.3 Å². The molecular weight excluding hydrogens is 462 g/mol. The molecule has 2 unspecified atom stereocenters. The van der Waals surface area contributed by atoms with E-state index >= 15 is 0 Å². The van der Waals surface area contributed by atoms with Gasteiger partial charge in [-0.25, -0.2) is 4.79 Å². The van der Waals surface area contributed by atoms with Gasteiger partial charge in [-0.15, -0.1) is 0 Å². The highest BCUT2D eigenvalue weighted by atomic mass is 16.7. The fourth-order valence-corrected chi connectivity index (χ4v) is 3.15. The van der Waals surface area contributed by atoms with E-state index in [0.717, 1.165) is 46.1 Å². The topological polar surface area (TPSA) is 184 Å². The van der Waals surface area contributed by atoms with Crippen molar-refractivity contribution in [1.82, 2.24) is 0 Å². The van der Waals surface area contributed by atoms with Crippen molar-refractivity contribution in [3.8, 4) is 5.75 Å². The lowest BCUT2D eigenvalue weighted by Crippen LogP contribution is -2.64. The highest BCUT2D eigenvalue weighted by Gasteiger charge is 2.55. The van der Waals surface area contributed by atoms with Crippen LogP contribution in [0.4, 0.5) is 5.69 Å². The first-order valence-electron chi connectivity index (χ1n) is 9.63. The van der Waals surface area contributed by atoms with Crippen LogP contribution >= 0.6 is 0 Å². The molecule has 1 aromatic carbocycles. The van der Waals surface area contributed by atoms with Gasteiger partial charge in [0, 0.05) is 32.9 Å². The molecule has 1 aliphatic rings. The van der Waals surface area contributed by atoms with Crippen molar-refractivity contribution in [1.29, 1.82) is 0 Å². The van der Waals surface area contributed by atoms with Gasteiger partial charge in [0.15, 0.2) is 24.6 Å². The number of ether oxygens (including phenoxy) is 6. The maximum absolute atomic E-state index is 12.4. The minimum Gasteiger partial charge on any atom is -0.467 e. The number of nitro benzene ring substituents is 1. The van der Waals surface area contributed by atoms with E-state index in [9.17, 15) is 34.1 Å². The highest BCUT2D eigenvalue weighted by Crippen LogP contribution is 2.32. The molecule has 0 spiro atoms. The second kappa shape index (κ2) is 11.2. The summed E-state index contributed by atoms with van der Waals surface area (Å²) in [5.41, 5.74) is -0.671. The van der Waals surface area contributed by atoms with Crippen molar-refractivity contribution >= 4 is 35.9 Å². The second-order valence-electron chi connectivity index (χ2n) is 6.89. The van der Waals surface area contributed by atoms with Crippen LogP contribution in [0.5, 0.6) is 5.75 Å². The molecule has 1 heterocycles. The van der Waals surface area contributed by atoms with E-state index < -0.39 is 65.2 Å². The number of non-ortho nitro benzene ring substituents is 1. The lowest BCUT2D eigenvalue weighted by atomic mass is 9.97. The van der Waals surface area contributed by atoms with Gasteiger partial charge >= 0.3 is 23.9 Å². The minimum absolute atomic E-state index is 0.237. The molecule has 0 bridgehead atoms. The molecule has 184 valence electrons. The second-order valence-corrected chi connectivity index (χ2v) is 6.89. The number of esters is 4. The smallest absolute Gasteiger partial charge is 0.339 e. The summed E-state index contributed by atoms with van der Waals surface area (Å²) in [4.78, 5) is 69.3. The Hall–Kier alpha value is -4.07. The van der Waals surface area contributed by atoms with E-state index in [1.54, 1.807) is 0 Å². The van der Waals surface area contributed by atoms with Crippen molar-refractivity contribution in [2.75, 3.05) is 7.11 Å². The Labute approximate surface area is 192 Å². The third-order valence-corrected chi connectivity index (χ3v) is 4.41. The van der Waals surface area contributed by atoms with Crippen LogP contribution in [0.25, 0.3) is 0 Å². The summed E-state index contributed by atoms with van der Waals surface area (Å²) in [5.74, 6) is -3.92. The predicted molar refractivity (Wildman–Crippen MR) is 106 cm³/mol. The first-order chi connectivity index (χ1) is 16.0. The van der Waals surface area contributed by atoms with Crippen molar-refractivity contribution in [2.45, 2.75) is 51.5 Å². The molecule has 0 radical (unpaired) electrons. The Morgan fingerprint density at radius 2 is 1.53 bits per heavy atom. The molecule has 34 heavy (non-hydrogen) atoms. The molecule has 0 aliphatic carbocycles. The van der Waals surface area contributed by atoms with Gasteiger partial charge in [0.2, 0.25) is 12.4 Å². The van der Waals surface area contributed by atoms with Gasteiger partial charge in [-0.05, 0) is 6.07 Å². The maximum atomic E-state index is 12.4. The number of benzene rings is 1. The summed E-state index contributed by atoms with van der Waals surface area (Å²) in [6, 6.07) is 3.05. The van der Waals surface area contributed by atoms with Crippen LogP contribution in [0, 0.1) is 10.1 Å². The summed E-state index contributed by atoms with van der Waals surface area (Å²) in [7, 11) is 1.02. The van der Waals surface area contributed by atoms with E-state index in [-0.39, 0.29) is 17.6 Å². The molecule has 1 saturated heterocycles. The number of nitro groups is 1. The van der Waals surface area contributed by atoms with Crippen LogP contribution in [-0.2, 0) is 42.9 Å². The summed E-state index contributed by atoms with van der Waals surface area (Å²) < 4.78 is 31.4. The molecule has 2 rings (SSSR count). The van der Waals surface area contributed by atoms with Gasteiger partial charge in [0.05, 0.1) is 17.6 Å². The maximum Gasteiger partial charge on any atom is 0.339 e. The van der Waals surface area contributed by atoms with E-state index in [4.69, 9.17) is 23.7 Å². The fraction of sp³-hybridized carbons (Fsp3) is 0.450. The van der Waals surface area contributed by atoms with E-state index in [1.165, 1.54) is 0 Å². The molecular formula is C20H21NO13. The van der Waals surface area contributed by atoms with E-state index in [1.807, 2.05) is 0 Å². The Morgan fingerprint density at radius 3 is 2.03 bits per heavy atom. The Balaban J connectivity index is 2.57. The van der Waals surface area contributed by atoms with Crippen LogP contribution in [0.1, 0.15) is 31.1 Å². The molecule has 0 amide bonds. The quantitative estimate of drug-likeness (QED) is 0.164. The van der Waals surface area contributed by atoms with Crippen molar-refractivity contribution in [3.63, 3.8) is 0 Å². The third-order valence-electron chi connectivity index (χ3n) is 4.41. The SMILES string of the molecule is COC(=O)C1O[C@@H](Oc2ccc([N+](=O)[O-])cc2C=O)C(OC(C)=O)[C@@H](OC(C)=O)[C@@H]1OC(C)=O. The van der Waals surface area contributed by atoms with Crippen molar-refractivity contribution < 1.29 is 57.3 Å². The minimum atomic E-state index is -1.70. The lowest BCUT2D eigenvalue weighted by Gasteiger charge is -2.43. The van der Waals surface area contributed by atoms with Gasteiger partial charge < -0.3 is 28.4 Å². The summed E-state index contributed by atoms with van der Waals surface area (Å²) >= 11 is 0. The third kappa shape index (κ3) is 6.25. The molecule has 0 aromatic heterocycles. The molecule has 5 atom stereocenters. The first-order valence-corrected chi connectivity index (χ1v) is 9.63. The zero-order valence-electron chi connectivity index (χ0n) is 18.5. The molecule has 0 saturated carbocycles. The number of nitrogens with zero attached hydrogens (tertiary/aromatic N) is 1. The number of rotatable bonds is 8. The molecule has 1 aromatic rings. The van der Waals surface area contributed by atoms with Crippen molar-refractivity contribution in [3.05, 3.63) is 33.9 Å². The van der Waals surface area contributed by atoms with Crippen LogP contribution in [-0.4, -0.2) is 72.9 Å². The van der Waals surface area contributed by atoms with Crippen LogP contribution < -0.4 is 4.74 Å². The van der Waals surface area contributed by atoms with Crippen LogP contribution in [0.3, 0.4) is 0 Å². The Bertz CT molecular complexity index is 991. The average molecular weight is 483 g/mol. The summed E-state index contributed by atoms with van der Waals surface area (Å²) in [5, 5.41) is 11.0. The summed E-state index contributed by atoms with van der Waals surface area (Å²) in [6.45, 7) is 3.07. The number of aldehydes is 1. The molecule has 14 heteroatoms. The molecule has 0 N–H and O–H groups in total. The normalized spacial score (nSPS) is 23.7. The monoisotopic (exact) mass is 483 g/mol. The van der Waals surface area contributed by atoms with Gasteiger partial charge in [0.25, 0.3) is 5.69 Å². The largest absolute Gasteiger partial charge is 0.467 e. The predicted octanol–water partition coefficient (Wildman–Crippen LogP) is 0.479. The highest BCUT2D eigenvalue weighted by molar-refractivity contribution is 5.81. The zero-order chi connectivity index (χ0) is 25.6. The van der Waals surface area contributed by atoms with Gasteiger partial charge in [-0.1, -0.05) is 0 Å². The number of hydrogen-bond acceptors (Lipinski definition) is 13. The standard InChI is InChI=1S/C20H21NO13/c1-9(23)30-15-16(31-10(2)24)18(32-11(3)25)20(34-17(15)19(26)29-4)33-14-6-5-13(21(27)28)7-12(14)8-22/h5-8,15-18,20H,1-4H3/t15-,16-,17?,18?,20+/m0/s1. The Kier molecular flexibility index (Phi) is 8.61. The molecule has 14 nitrogen and oxygen atoms in total. The molecule has 1 aliphatic heterocycles. The molecule has 1 fully saturated rings. The van der Waals surface area contributed by atoms with E-state index in [0.29, 0.717) is 0 Å². The van der Waals surface area contributed by atoms with Crippen LogP contribution in [0.15, 0.2) is 18.2 Å². The number of carbonyl (C=O) groups excluding carboxylic acids is 5. The summed E-state index contributed by atoms with van der Waals surface area (Å²) in [6.07, 6.45) is -7.92. The number of methoxy groups -OCH3 is 1. The van der Waals surface area contributed by atoms with Gasteiger partial charge in [-0.2, -0.15) is 0 Å². The number of carbonyl (C=O) groups is 5. The number of hydrogen-bond donors (Lipinski definition) is 0.